The molecular formula is C15H22ClN. The molecule has 0 saturated heterocycles. The van der Waals surface area contributed by atoms with Crippen LogP contribution in [0.5, 0.6) is 0 Å². The number of hydrogen-bond acceptors (Lipinski definition) is 1. The second-order valence-electron chi connectivity index (χ2n) is 5.47. The molecule has 0 aliphatic heterocycles. The van der Waals surface area contributed by atoms with E-state index in [4.69, 9.17) is 11.6 Å². The Bertz CT molecular complexity index is 362. The van der Waals surface area contributed by atoms with E-state index in [2.05, 4.69) is 31.0 Å². The van der Waals surface area contributed by atoms with E-state index in [1.54, 1.807) is 0 Å². The van der Waals surface area contributed by atoms with Crippen LogP contribution in [0.4, 0.5) is 0 Å². The van der Waals surface area contributed by atoms with Gasteiger partial charge in [-0.1, -0.05) is 19.9 Å². The third-order valence-corrected chi connectivity index (χ3v) is 4.55. The van der Waals surface area contributed by atoms with Crippen molar-refractivity contribution in [2.45, 2.75) is 57.2 Å². The SMILES string of the molecule is CC(C)C(Cl)CCC1CCCc2cccnc21. The number of rotatable bonds is 4. The summed E-state index contributed by atoms with van der Waals surface area (Å²) in [5, 5.41) is 0.309. The van der Waals surface area contributed by atoms with E-state index in [0.717, 1.165) is 6.42 Å². The molecule has 0 fully saturated rings. The summed E-state index contributed by atoms with van der Waals surface area (Å²) in [7, 11) is 0. The fourth-order valence-corrected chi connectivity index (χ4v) is 2.81. The van der Waals surface area contributed by atoms with Crippen LogP contribution in [-0.2, 0) is 6.42 Å². The van der Waals surface area contributed by atoms with Gasteiger partial charge < -0.3 is 0 Å². The minimum absolute atomic E-state index is 0.309. The third-order valence-electron chi connectivity index (χ3n) is 3.83. The van der Waals surface area contributed by atoms with Gasteiger partial charge in [0.1, 0.15) is 0 Å². The molecule has 2 atom stereocenters. The van der Waals surface area contributed by atoms with Gasteiger partial charge in [-0.3, -0.25) is 4.98 Å². The fraction of sp³-hybridized carbons (Fsp3) is 0.667. The topological polar surface area (TPSA) is 12.9 Å². The van der Waals surface area contributed by atoms with E-state index < -0.39 is 0 Å². The van der Waals surface area contributed by atoms with E-state index in [1.165, 1.54) is 36.9 Å². The Morgan fingerprint density at radius 3 is 3.06 bits per heavy atom. The van der Waals surface area contributed by atoms with Crippen molar-refractivity contribution >= 4 is 11.6 Å². The van der Waals surface area contributed by atoms with Gasteiger partial charge in [-0.05, 0) is 49.7 Å². The van der Waals surface area contributed by atoms with Crippen LogP contribution < -0.4 is 0 Å². The molecule has 0 amide bonds. The van der Waals surface area contributed by atoms with Crippen LogP contribution in [0.15, 0.2) is 18.3 Å². The Balaban J connectivity index is 1.99. The Labute approximate surface area is 110 Å². The van der Waals surface area contributed by atoms with E-state index in [-0.39, 0.29) is 0 Å². The lowest BCUT2D eigenvalue weighted by atomic mass is 9.83. The highest BCUT2D eigenvalue weighted by atomic mass is 35.5. The van der Waals surface area contributed by atoms with Gasteiger partial charge in [0.25, 0.3) is 0 Å². The Kier molecular flexibility index (Phi) is 4.44. The Morgan fingerprint density at radius 1 is 1.47 bits per heavy atom. The van der Waals surface area contributed by atoms with Gasteiger partial charge in [0.2, 0.25) is 0 Å². The lowest BCUT2D eigenvalue weighted by Crippen LogP contribution is -2.15. The van der Waals surface area contributed by atoms with Crippen LogP contribution in [0.1, 0.15) is 56.7 Å². The molecular weight excluding hydrogens is 230 g/mol. The molecule has 2 unspecified atom stereocenters. The summed E-state index contributed by atoms with van der Waals surface area (Å²) >= 11 is 6.34. The highest BCUT2D eigenvalue weighted by molar-refractivity contribution is 6.20. The fourth-order valence-electron chi connectivity index (χ4n) is 2.68. The molecule has 1 nitrogen and oxygen atoms in total. The van der Waals surface area contributed by atoms with Crippen molar-refractivity contribution in [1.82, 2.24) is 4.98 Å². The zero-order chi connectivity index (χ0) is 12.3. The second kappa shape index (κ2) is 5.86. The zero-order valence-electron chi connectivity index (χ0n) is 10.8. The number of halogens is 1. The number of pyridine rings is 1. The quantitative estimate of drug-likeness (QED) is 0.716. The summed E-state index contributed by atoms with van der Waals surface area (Å²) in [4.78, 5) is 4.58. The molecule has 1 aliphatic carbocycles. The minimum Gasteiger partial charge on any atom is -0.261 e. The van der Waals surface area contributed by atoms with Crippen LogP contribution in [0.25, 0.3) is 0 Å². The first kappa shape index (κ1) is 12.9. The maximum Gasteiger partial charge on any atom is 0.0466 e. The molecule has 1 heterocycles. The molecule has 0 saturated carbocycles. The Morgan fingerprint density at radius 2 is 2.29 bits per heavy atom. The molecule has 2 rings (SSSR count). The van der Waals surface area contributed by atoms with Gasteiger partial charge in [-0.25, -0.2) is 0 Å². The van der Waals surface area contributed by atoms with Crippen LogP contribution in [0.2, 0.25) is 0 Å². The maximum atomic E-state index is 6.34. The van der Waals surface area contributed by atoms with Crippen molar-refractivity contribution in [1.29, 1.82) is 0 Å². The van der Waals surface area contributed by atoms with Crippen molar-refractivity contribution < 1.29 is 0 Å². The van der Waals surface area contributed by atoms with Gasteiger partial charge in [-0.2, -0.15) is 0 Å². The summed E-state index contributed by atoms with van der Waals surface area (Å²) in [6, 6.07) is 4.29. The Hall–Kier alpha value is -0.560. The van der Waals surface area contributed by atoms with Crippen molar-refractivity contribution in [3.8, 4) is 0 Å². The van der Waals surface area contributed by atoms with Crippen molar-refractivity contribution in [3.63, 3.8) is 0 Å². The first-order chi connectivity index (χ1) is 8.18. The predicted octanol–water partition coefficient (Wildman–Crippen LogP) is 4.55. The lowest BCUT2D eigenvalue weighted by Gasteiger charge is -2.25. The number of alkyl halides is 1. The number of aryl methyl sites for hydroxylation is 1. The average Bonchev–Trinajstić information content (AvgIpc) is 2.35. The number of fused-ring (bicyclic) bond motifs is 1. The molecule has 0 aromatic carbocycles. The molecule has 0 bridgehead atoms. The standard InChI is InChI=1S/C15H22ClN/c1-11(2)14(16)9-8-13-6-3-5-12-7-4-10-17-15(12)13/h4,7,10-11,13-14H,3,5-6,8-9H2,1-2H3. The lowest BCUT2D eigenvalue weighted by molar-refractivity contribution is 0.459. The van der Waals surface area contributed by atoms with E-state index in [1.807, 2.05) is 6.20 Å². The van der Waals surface area contributed by atoms with Gasteiger partial charge in [-0.15, -0.1) is 11.6 Å². The molecule has 2 heteroatoms. The molecule has 0 spiro atoms. The summed E-state index contributed by atoms with van der Waals surface area (Å²) in [6.07, 6.45) is 8.02. The second-order valence-corrected chi connectivity index (χ2v) is 6.03. The largest absolute Gasteiger partial charge is 0.261 e. The minimum atomic E-state index is 0.309. The smallest absolute Gasteiger partial charge is 0.0466 e. The average molecular weight is 252 g/mol. The van der Waals surface area contributed by atoms with Gasteiger partial charge in [0, 0.05) is 23.2 Å². The highest BCUT2D eigenvalue weighted by Crippen LogP contribution is 2.34. The number of aromatic nitrogens is 1. The first-order valence-electron chi connectivity index (χ1n) is 6.76. The van der Waals surface area contributed by atoms with E-state index >= 15 is 0 Å². The molecule has 1 aromatic rings. The van der Waals surface area contributed by atoms with Crippen molar-refractivity contribution in [2.24, 2.45) is 5.92 Å². The van der Waals surface area contributed by atoms with Crippen LogP contribution in [0, 0.1) is 5.92 Å². The normalized spacial score (nSPS) is 21.3. The monoisotopic (exact) mass is 251 g/mol. The van der Waals surface area contributed by atoms with Gasteiger partial charge in [0.15, 0.2) is 0 Å². The summed E-state index contributed by atoms with van der Waals surface area (Å²) in [5.41, 5.74) is 2.80. The van der Waals surface area contributed by atoms with Gasteiger partial charge in [0.05, 0.1) is 0 Å². The molecule has 17 heavy (non-hydrogen) atoms. The zero-order valence-corrected chi connectivity index (χ0v) is 11.6. The summed E-state index contributed by atoms with van der Waals surface area (Å²) < 4.78 is 0. The molecule has 94 valence electrons. The van der Waals surface area contributed by atoms with E-state index in [0.29, 0.717) is 17.2 Å². The predicted molar refractivity (Wildman–Crippen MR) is 73.6 cm³/mol. The van der Waals surface area contributed by atoms with Crippen LogP contribution in [-0.4, -0.2) is 10.4 Å². The molecule has 0 N–H and O–H groups in total. The molecule has 1 aliphatic rings. The maximum absolute atomic E-state index is 6.34. The number of hydrogen-bond donors (Lipinski definition) is 0. The van der Waals surface area contributed by atoms with Crippen LogP contribution in [0.3, 0.4) is 0 Å². The van der Waals surface area contributed by atoms with Gasteiger partial charge >= 0.3 is 0 Å². The van der Waals surface area contributed by atoms with Crippen molar-refractivity contribution in [2.75, 3.05) is 0 Å². The van der Waals surface area contributed by atoms with E-state index in [9.17, 15) is 0 Å². The van der Waals surface area contributed by atoms with Crippen molar-refractivity contribution in [3.05, 3.63) is 29.6 Å². The third kappa shape index (κ3) is 3.22. The highest BCUT2D eigenvalue weighted by Gasteiger charge is 2.22. The number of nitrogens with zero attached hydrogens (tertiary/aromatic N) is 1. The summed E-state index contributed by atoms with van der Waals surface area (Å²) in [5.74, 6) is 1.21. The summed E-state index contributed by atoms with van der Waals surface area (Å²) in [6.45, 7) is 4.40. The first-order valence-corrected chi connectivity index (χ1v) is 7.20. The molecule has 1 aromatic heterocycles. The molecule has 0 radical (unpaired) electrons. The van der Waals surface area contributed by atoms with Crippen LogP contribution >= 0.6 is 11.6 Å².